The second kappa shape index (κ2) is 6.58. The third kappa shape index (κ3) is 3.63. The molecule has 0 amide bonds. The van der Waals surface area contributed by atoms with Crippen molar-refractivity contribution in [3.63, 3.8) is 0 Å². The quantitative estimate of drug-likeness (QED) is 0.856. The molecule has 22 heavy (non-hydrogen) atoms. The largest absolute Gasteiger partial charge is 0.481 e. The van der Waals surface area contributed by atoms with E-state index in [-0.39, 0.29) is 19.1 Å². The summed E-state index contributed by atoms with van der Waals surface area (Å²) >= 11 is 3.32. The number of benzene rings is 1. The minimum atomic E-state index is -4.49. The molecular weight excluding hydrogens is 363 g/mol. The van der Waals surface area contributed by atoms with E-state index in [2.05, 4.69) is 15.9 Å². The fourth-order valence-corrected chi connectivity index (χ4v) is 3.32. The zero-order valence-corrected chi connectivity index (χ0v) is 13.6. The number of alkyl halides is 3. The third-order valence-corrected chi connectivity index (χ3v) is 4.70. The molecule has 1 unspecified atom stereocenters. The fourth-order valence-electron chi connectivity index (χ4n) is 3.06. The molecule has 2 rings (SSSR count). The van der Waals surface area contributed by atoms with Crippen molar-refractivity contribution in [2.45, 2.75) is 25.6 Å². The van der Waals surface area contributed by atoms with E-state index in [0.29, 0.717) is 6.42 Å². The number of likely N-dealkylation sites (tertiary alicyclic amines) is 1. The van der Waals surface area contributed by atoms with Gasteiger partial charge in [-0.05, 0) is 24.1 Å². The lowest BCUT2D eigenvalue weighted by molar-refractivity contribution is -0.188. The standard InChI is InChI=1S/C15H17BrF3NO2/c1-2-13(9-3-5-10(16)6-4-9)20-7-11(14(21)22)12(8-20)15(17,18)19/h3-6,11-13H,2,7-8H2,1H3,(H,21,22)/t11-,12-,13?/m1/s1. The Morgan fingerprint density at radius 3 is 2.36 bits per heavy atom. The van der Waals surface area contributed by atoms with Crippen molar-refractivity contribution >= 4 is 21.9 Å². The summed E-state index contributed by atoms with van der Waals surface area (Å²) in [5.41, 5.74) is 0.901. The van der Waals surface area contributed by atoms with E-state index < -0.39 is 24.0 Å². The van der Waals surface area contributed by atoms with Crippen LogP contribution in [-0.4, -0.2) is 35.2 Å². The fraction of sp³-hybridized carbons (Fsp3) is 0.533. The van der Waals surface area contributed by atoms with Crippen LogP contribution in [-0.2, 0) is 4.79 Å². The molecule has 1 aliphatic heterocycles. The van der Waals surface area contributed by atoms with Crippen LogP contribution in [0.2, 0.25) is 0 Å². The molecule has 0 saturated carbocycles. The predicted molar refractivity (Wildman–Crippen MR) is 79.4 cm³/mol. The number of halogens is 4. The monoisotopic (exact) mass is 379 g/mol. The van der Waals surface area contributed by atoms with Gasteiger partial charge in [0.1, 0.15) is 0 Å². The van der Waals surface area contributed by atoms with E-state index in [1.807, 2.05) is 31.2 Å². The summed E-state index contributed by atoms with van der Waals surface area (Å²) in [6.45, 7) is 1.55. The molecule has 1 fully saturated rings. The average Bonchev–Trinajstić information content (AvgIpc) is 2.87. The predicted octanol–water partition coefficient (Wildman–Crippen LogP) is 4.10. The van der Waals surface area contributed by atoms with Crippen molar-refractivity contribution in [2.24, 2.45) is 11.8 Å². The lowest BCUT2D eigenvalue weighted by atomic mass is 9.96. The maximum Gasteiger partial charge on any atom is 0.393 e. The number of carbonyl (C=O) groups is 1. The Hall–Kier alpha value is -1.08. The number of carboxylic acid groups (broad SMARTS) is 1. The van der Waals surface area contributed by atoms with Gasteiger partial charge in [-0.2, -0.15) is 13.2 Å². The number of nitrogens with zero attached hydrogens (tertiary/aromatic N) is 1. The van der Waals surface area contributed by atoms with Crippen molar-refractivity contribution < 1.29 is 23.1 Å². The summed E-state index contributed by atoms with van der Waals surface area (Å²) in [5, 5.41) is 9.09. The Morgan fingerprint density at radius 1 is 1.36 bits per heavy atom. The summed E-state index contributed by atoms with van der Waals surface area (Å²) in [5.74, 6) is -4.59. The molecule has 1 heterocycles. The molecule has 1 aromatic carbocycles. The van der Waals surface area contributed by atoms with E-state index in [1.54, 1.807) is 4.90 Å². The Morgan fingerprint density at radius 2 is 1.95 bits per heavy atom. The number of aliphatic carboxylic acids is 1. The summed E-state index contributed by atoms with van der Waals surface area (Å²) < 4.78 is 40.1. The summed E-state index contributed by atoms with van der Waals surface area (Å²) in [6.07, 6.45) is -3.87. The van der Waals surface area contributed by atoms with E-state index >= 15 is 0 Å². The van der Waals surface area contributed by atoms with Gasteiger partial charge >= 0.3 is 12.1 Å². The van der Waals surface area contributed by atoms with Crippen LogP contribution in [0.15, 0.2) is 28.7 Å². The summed E-state index contributed by atoms with van der Waals surface area (Å²) in [6, 6.07) is 7.18. The lowest BCUT2D eigenvalue weighted by Crippen LogP contribution is -2.33. The minimum absolute atomic E-state index is 0.0753. The first-order valence-electron chi connectivity index (χ1n) is 7.03. The first-order valence-corrected chi connectivity index (χ1v) is 7.82. The smallest absolute Gasteiger partial charge is 0.393 e. The van der Waals surface area contributed by atoms with Crippen LogP contribution in [0, 0.1) is 11.8 Å². The SMILES string of the molecule is CCC(c1ccc(Br)cc1)N1C[C@@H](C(F)(F)F)[C@H](C(=O)O)C1. The number of rotatable bonds is 4. The first kappa shape index (κ1) is 17.3. The van der Waals surface area contributed by atoms with Gasteiger partial charge < -0.3 is 5.11 Å². The van der Waals surface area contributed by atoms with Gasteiger partial charge in [-0.1, -0.05) is 35.0 Å². The van der Waals surface area contributed by atoms with Gasteiger partial charge in [0.2, 0.25) is 0 Å². The highest BCUT2D eigenvalue weighted by Gasteiger charge is 2.53. The third-order valence-electron chi connectivity index (χ3n) is 4.17. The van der Waals surface area contributed by atoms with E-state index in [9.17, 15) is 18.0 Å². The zero-order chi connectivity index (χ0) is 16.5. The molecule has 3 nitrogen and oxygen atoms in total. The molecule has 1 aromatic rings. The zero-order valence-electron chi connectivity index (χ0n) is 12.0. The van der Waals surface area contributed by atoms with Crippen LogP contribution in [0.25, 0.3) is 0 Å². The number of hydrogen-bond acceptors (Lipinski definition) is 2. The van der Waals surface area contributed by atoms with Gasteiger partial charge in [0, 0.05) is 23.6 Å². The second-order valence-electron chi connectivity index (χ2n) is 5.52. The molecular formula is C15H17BrF3NO2. The summed E-state index contributed by atoms with van der Waals surface area (Å²) in [4.78, 5) is 12.8. The van der Waals surface area contributed by atoms with Crippen LogP contribution in [0.3, 0.4) is 0 Å². The number of carboxylic acids is 1. The van der Waals surface area contributed by atoms with Crippen LogP contribution in [0.5, 0.6) is 0 Å². The van der Waals surface area contributed by atoms with Crippen molar-refractivity contribution in [2.75, 3.05) is 13.1 Å². The van der Waals surface area contributed by atoms with Gasteiger partial charge in [0.25, 0.3) is 0 Å². The molecule has 7 heteroatoms. The van der Waals surface area contributed by atoms with Crippen LogP contribution >= 0.6 is 15.9 Å². The Kier molecular flexibility index (Phi) is 5.17. The average molecular weight is 380 g/mol. The molecule has 0 aliphatic carbocycles. The Balaban J connectivity index is 2.24. The van der Waals surface area contributed by atoms with Gasteiger partial charge in [-0.3, -0.25) is 9.69 Å². The van der Waals surface area contributed by atoms with Crippen molar-refractivity contribution in [1.82, 2.24) is 4.90 Å². The normalized spacial score (nSPS) is 24.4. The van der Waals surface area contributed by atoms with E-state index in [4.69, 9.17) is 5.11 Å². The molecule has 3 atom stereocenters. The van der Waals surface area contributed by atoms with Gasteiger partial charge in [-0.25, -0.2) is 0 Å². The molecule has 0 radical (unpaired) electrons. The first-order chi connectivity index (χ1) is 10.2. The van der Waals surface area contributed by atoms with Crippen LogP contribution in [0.1, 0.15) is 24.9 Å². The van der Waals surface area contributed by atoms with Crippen molar-refractivity contribution in [3.05, 3.63) is 34.3 Å². The molecule has 1 aliphatic rings. The maximum absolute atomic E-state index is 13.1. The Labute approximate surface area is 135 Å². The van der Waals surface area contributed by atoms with Gasteiger partial charge in [0.15, 0.2) is 0 Å². The van der Waals surface area contributed by atoms with Crippen LogP contribution in [0.4, 0.5) is 13.2 Å². The topological polar surface area (TPSA) is 40.5 Å². The van der Waals surface area contributed by atoms with Gasteiger partial charge in [0.05, 0.1) is 11.8 Å². The van der Waals surface area contributed by atoms with E-state index in [0.717, 1.165) is 10.0 Å². The minimum Gasteiger partial charge on any atom is -0.481 e. The second-order valence-corrected chi connectivity index (χ2v) is 6.44. The van der Waals surface area contributed by atoms with Crippen molar-refractivity contribution in [3.8, 4) is 0 Å². The van der Waals surface area contributed by atoms with Crippen molar-refractivity contribution in [1.29, 1.82) is 0 Å². The highest BCUT2D eigenvalue weighted by molar-refractivity contribution is 9.10. The van der Waals surface area contributed by atoms with Gasteiger partial charge in [-0.15, -0.1) is 0 Å². The molecule has 1 N–H and O–H groups in total. The van der Waals surface area contributed by atoms with Crippen LogP contribution < -0.4 is 0 Å². The molecule has 122 valence electrons. The summed E-state index contributed by atoms with van der Waals surface area (Å²) in [7, 11) is 0. The lowest BCUT2D eigenvalue weighted by Gasteiger charge is -2.27. The maximum atomic E-state index is 13.1. The van der Waals surface area contributed by atoms with E-state index in [1.165, 1.54) is 0 Å². The molecule has 0 bridgehead atoms. The molecule has 1 saturated heterocycles. The molecule has 0 spiro atoms. The highest BCUT2D eigenvalue weighted by atomic mass is 79.9. The molecule has 0 aromatic heterocycles. The highest BCUT2D eigenvalue weighted by Crippen LogP contribution is 2.41. The number of hydrogen-bond donors (Lipinski definition) is 1. The Bertz CT molecular complexity index is 533.